The van der Waals surface area contributed by atoms with E-state index in [2.05, 4.69) is 64.6 Å². The molecule has 8 heteroatoms. The Labute approximate surface area is 191 Å². The summed E-state index contributed by atoms with van der Waals surface area (Å²) in [6, 6.07) is 9.02. The van der Waals surface area contributed by atoms with Crippen LogP contribution in [0.3, 0.4) is 0 Å². The van der Waals surface area contributed by atoms with Gasteiger partial charge in [-0.25, -0.2) is 4.68 Å². The number of benzene rings is 1. The highest BCUT2D eigenvalue weighted by Crippen LogP contribution is 2.23. The Balaban J connectivity index is 1.54. The van der Waals surface area contributed by atoms with Gasteiger partial charge in [0.05, 0.1) is 25.9 Å². The lowest BCUT2D eigenvalue weighted by molar-refractivity contribution is 0.0361. The van der Waals surface area contributed by atoms with Crippen molar-refractivity contribution in [1.82, 2.24) is 29.0 Å². The maximum absolute atomic E-state index is 5.95. The van der Waals surface area contributed by atoms with Crippen LogP contribution in [0.4, 0.5) is 0 Å². The standard InChI is InChI=1S/C23H36N6OS/c1-4-21(25(2)3)22-24-29(18-27-10-9-19-7-5-6-8-20(19)17-27)23(31)28(22)12-11-26-13-15-30-16-14-26/h5-8,21H,4,9-18H2,1-3H3. The third-order valence-electron chi connectivity index (χ3n) is 6.55. The Kier molecular flexibility index (Phi) is 7.55. The second-order valence-electron chi connectivity index (χ2n) is 8.85. The van der Waals surface area contributed by atoms with Gasteiger partial charge in [0.1, 0.15) is 5.82 Å². The molecule has 1 aromatic heterocycles. The molecule has 0 aliphatic carbocycles. The van der Waals surface area contributed by atoms with Crippen molar-refractivity contribution >= 4 is 12.2 Å². The Bertz CT molecular complexity index is 917. The first kappa shape index (κ1) is 22.6. The molecule has 0 saturated carbocycles. The first-order valence-corrected chi connectivity index (χ1v) is 11.9. The molecule has 170 valence electrons. The molecule has 1 saturated heterocycles. The quantitative estimate of drug-likeness (QED) is 0.584. The molecule has 0 N–H and O–H groups in total. The lowest BCUT2D eigenvalue weighted by atomic mass is 10.0. The summed E-state index contributed by atoms with van der Waals surface area (Å²) in [4.78, 5) is 7.17. The number of rotatable bonds is 8. The number of ether oxygens (including phenoxy) is 1. The van der Waals surface area contributed by atoms with E-state index in [-0.39, 0.29) is 6.04 Å². The van der Waals surface area contributed by atoms with E-state index in [1.165, 1.54) is 11.1 Å². The van der Waals surface area contributed by atoms with Crippen molar-refractivity contribution in [2.24, 2.45) is 0 Å². The SMILES string of the molecule is CCC(c1nn(CN2CCc3ccccc3C2)c(=S)n1CCN1CCOCC1)N(C)C. The highest BCUT2D eigenvalue weighted by molar-refractivity contribution is 7.71. The van der Waals surface area contributed by atoms with Crippen molar-refractivity contribution in [2.75, 3.05) is 53.5 Å². The molecule has 2 aromatic rings. The predicted octanol–water partition coefficient (Wildman–Crippen LogP) is 2.77. The van der Waals surface area contributed by atoms with E-state index in [1.54, 1.807) is 0 Å². The van der Waals surface area contributed by atoms with E-state index >= 15 is 0 Å². The van der Waals surface area contributed by atoms with Crippen LogP contribution in [0.5, 0.6) is 0 Å². The van der Waals surface area contributed by atoms with Gasteiger partial charge >= 0.3 is 0 Å². The van der Waals surface area contributed by atoms with Gasteiger partial charge in [0.2, 0.25) is 0 Å². The maximum atomic E-state index is 5.95. The smallest absolute Gasteiger partial charge is 0.199 e. The summed E-state index contributed by atoms with van der Waals surface area (Å²) in [5.74, 6) is 1.09. The van der Waals surface area contributed by atoms with E-state index in [1.807, 2.05) is 4.68 Å². The van der Waals surface area contributed by atoms with Gasteiger partial charge in [0, 0.05) is 39.3 Å². The molecule has 0 bridgehead atoms. The second kappa shape index (κ2) is 10.4. The molecule has 2 aliphatic heterocycles. The van der Waals surface area contributed by atoms with Gasteiger partial charge in [0.25, 0.3) is 0 Å². The summed E-state index contributed by atoms with van der Waals surface area (Å²) in [5, 5.41) is 5.06. The molecule has 1 fully saturated rings. The van der Waals surface area contributed by atoms with Crippen LogP contribution in [0.15, 0.2) is 24.3 Å². The van der Waals surface area contributed by atoms with Gasteiger partial charge in [-0.2, -0.15) is 5.10 Å². The van der Waals surface area contributed by atoms with Crippen molar-refractivity contribution in [3.8, 4) is 0 Å². The number of nitrogens with zero attached hydrogens (tertiary/aromatic N) is 6. The molecule has 0 radical (unpaired) electrons. The van der Waals surface area contributed by atoms with Crippen LogP contribution >= 0.6 is 12.2 Å². The van der Waals surface area contributed by atoms with Crippen LogP contribution in [0.2, 0.25) is 0 Å². The number of morpholine rings is 1. The largest absolute Gasteiger partial charge is 0.379 e. The number of hydrogen-bond acceptors (Lipinski definition) is 6. The normalized spacial score (nSPS) is 19.0. The predicted molar refractivity (Wildman–Crippen MR) is 126 cm³/mol. The summed E-state index contributed by atoms with van der Waals surface area (Å²) < 4.78 is 10.7. The van der Waals surface area contributed by atoms with Crippen molar-refractivity contribution in [1.29, 1.82) is 0 Å². The number of fused-ring (bicyclic) bond motifs is 1. The van der Waals surface area contributed by atoms with E-state index in [9.17, 15) is 0 Å². The molecule has 0 amide bonds. The molecule has 3 heterocycles. The molecular formula is C23H36N6OS. The van der Waals surface area contributed by atoms with Gasteiger partial charge in [0.15, 0.2) is 4.77 Å². The lowest BCUT2D eigenvalue weighted by Crippen LogP contribution is -2.38. The fraction of sp³-hybridized carbons (Fsp3) is 0.652. The molecular weight excluding hydrogens is 408 g/mol. The minimum Gasteiger partial charge on any atom is -0.379 e. The van der Waals surface area contributed by atoms with Gasteiger partial charge in [-0.1, -0.05) is 31.2 Å². The van der Waals surface area contributed by atoms with Crippen LogP contribution in [0.25, 0.3) is 0 Å². The Morgan fingerprint density at radius 2 is 1.81 bits per heavy atom. The van der Waals surface area contributed by atoms with Crippen molar-refractivity contribution < 1.29 is 4.74 Å². The monoisotopic (exact) mass is 444 g/mol. The van der Waals surface area contributed by atoms with E-state index < -0.39 is 0 Å². The maximum Gasteiger partial charge on any atom is 0.199 e. The fourth-order valence-corrected chi connectivity index (χ4v) is 5.00. The van der Waals surface area contributed by atoms with Crippen molar-refractivity contribution in [2.45, 2.75) is 45.6 Å². The zero-order valence-corrected chi connectivity index (χ0v) is 20.0. The zero-order chi connectivity index (χ0) is 21.8. The summed E-state index contributed by atoms with van der Waals surface area (Å²) in [6.07, 6.45) is 2.09. The highest BCUT2D eigenvalue weighted by atomic mass is 32.1. The van der Waals surface area contributed by atoms with Crippen molar-refractivity contribution in [3.63, 3.8) is 0 Å². The van der Waals surface area contributed by atoms with Crippen molar-refractivity contribution in [3.05, 3.63) is 46.0 Å². The van der Waals surface area contributed by atoms with Gasteiger partial charge in [-0.05, 0) is 50.3 Å². The Morgan fingerprint density at radius 3 is 2.52 bits per heavy atom. The van der Waals surface area contributed by atoms with Crippen LogP contribution in [-0.2, 0) is 30.9 Å². The van der Waals surface area contributed by atoms with Gasteiger partial charge < -0.3 is 9.30 Å². The van der Waals surface area contributed by atoms with Crippen LogP contribution in [0.1, 0.15) is 36.3 Å². The van der Waals surface area contributed by atoms with E-state index in [0.29, 0.717) is 0 Å². The minimum atomic E-state index is 0.259. The minimum absolute atomic E-state index is 0.259. The topological polar surface area (TPSA) is 41.7 Å². The lowest BCUT2D eigenvalue weighted by Gasteiger charge is -2.28. The molecule has 1 unspecified atom stereocenters. The number of aromatic nitrogens is 3. The third kappa shape index (κ3) is 5.26. The molecule has 1 aromatic carbocycles. The molecule has 1 atom stereocenters. The fourth-order valence-electron chi connectivity index (χ4n) is 4.72. The Morgan fingerprint density at radius 1 is 1.06 bits per heavy atom. The summed E-state index contributed by atoms with van der Waals surface area (Å²) in [5.41, 5.74) is 2.89. The average molecular weight is 445 g/mol. The highest BCUT2D eigenvalue weighted by Gasteiger charge is 2.24. The molecule has 31 heavy (non-hydrogen) atoms. The van der Waals surface area contributed by atoms with Crippen LogP contribution in [-0.4, -0.2) is 82.5 Å². The molecule has 2 aliphatic rings. The van der Waals surface area contributed by atoms with Crippen LogP contribution in [0, 0.1) is 4.77 Å². The summed E-state index contributed by atoms with van der Waals surface area (Å²) in [7, 11) is 4.26. The molecule has 4 rings (SSSR count). The van der Waals surface area contributed by atoms with Gasteiger partial charge in [-0.3, -0.25) is 14.7 Å². The summed E-state index contributed by atoms with van der Waals surface area (Å²) in [6.45, 7) is 10.5. The zero-order valence-electron chi connectivity index (χ0n) is 19.2. The first-order chi connectivity index (χ1) is 15.1. The van der Waals surface area contributed by atoms with Gasteiger partial charge in [-0.15, -0.1) is 0 Å². The van der Waals surface area contributed by atoms with Crippen LogP contribution < -0.4 is 0 Å². The Hall–Kier alpha value is -1.58. The summed E-state index contributed by atoms with van der Waals surface area (Å²) >= 11 is 5.95. The van der Waals surface area contributed by atoms with E-state index in [4.69, 9.17) is 22.1 Å². The second-order valence-corrected chi connectivity index (χ2v) is 9.21. The molecule has 7 nitrogen and oxygen atoms in total. The third-order valence-corrected chi connectivity index (χ3v) is 6.98. The van der Waals surface area contributed by atoms with E-state index in [0.717, 1.165) is 82.6 Å². The molecule has 0 spiro atoms. The number of hydrogen-bond donors (Lipinski definition) is 0. The first-order valence-electron chi connectivity index (χ1n) is 11.5. The average Bonchev–Trinajstić information content (AvgIpc) is 3.08.